The molecule has 0 fully saturated rings. The summed E-state index contributed by atoms with van der Waals surface area (Å²) in [5.41, 5.74) is 0. The Hall–Kier alpha value is -3.10. The Labute approximate surface area is 131 Å². The zero-order chi connectivity index (χ0) is 16.8. The third-order valence-corrected chi connectivity index (χ3v) is 2.69. The number of anilines is 1. The molecule has 2 rings (SSSR count). The largest absolute Gasteiger partial charge is 0.459 e. The average molecular weight is 321 g/mol. The van der Waals surface area contributed by atoms with E-state index in [-0.39, 0.29) is 18.1 Å². The van der Waals surface area contributed by atoms with Crippen molar-refractivity contribution < 1.29 is 28.1 Å². The van der Waals surface area contributed by atoms with Crippen LogP contribution in [0.5, 0.6) is 0 Å². The SMILES string of the molecule is Cc1cc(NC(=O)C(C)OC(=O)CNC(=O)c2ccco2)no1. The second-order valence-electron chi connectivity index (χ2n) is 4.60. The van der Waals surface area contributed by atoms with E-state index in [1.807, 2.05) is 0 Å². The van der Waals surface area contributed by atoms with Gasteiger partial charge in [-0.1, -0.05) is 5.16 Å². The number of amides is 2. The number of furan rings is 1. The van der Waals surface area contributed by atoms with Gasteiger partial charge in [0.15, 0.2) is 17.7 Å². The summed E-state index contributed by atoms with van der Waals surface area (Å²) >= 11 is 0. The predicted octanol–water partition coefficient (Wildman–Crippen LogP) is 0.876. The lowest BCUT2D eigenvalue weighted by atomic mass is 10.3. The monoisotopic (exact) mass is 321 g/mol. The third-order valence-electron chi connectivity index (χ3n) is 2.69. The number of ether oxygens (including phenoxy) is 1. The number of hydrogen-bond donors (Lipinski definition) is 2. The van der Waals surface area contributed by atoms with Gasteiger partial charge in [0.2, 0.25) is 0 Å². The summed E-state index contributed by atoms with van der Waals surface area (Å²) in [7, 11) is 0. The van der Waals surface area contributed by atoms with Crippen LogP contribution in [0.15, 0.2) is 33.4 Å². The van der Waals surface area contributed by atoms with Crippen LogP contribution >= 0.6 is 0 Å². The topological polar surface area (TPSA) is 124 Å². The molecule has 122 valence electrons. The van der Waals surface area contributed by atoms with Crippen molar-refractivity contribution in [3.05, 3.63) is 36.0 Å². The minimum absolute atomic E-state index is 0.0741. The number of carbonyl (C=O) groups is 3. The van der Waals surface area contributed by atoms with Crippen molar-refractivity contribution in [2.24, 2.45) is 0 Å². The van der Waals surface area contributed by atoms with Gasteiger partial charge in [-0.25, -0.2) is 0 Å². The first-order valence-corrected chi connectivity index (χ1v) is 6.71. The molecule has 1 atom stereocenters. The van der Waals surface area contributed by atoms with E-state index in [0.717, 1.165) is 0 Å². The van der Waals surface area contributed by atoms with Gasteiger partial charge in [0.05, 0.1) is 6.26 Å². The van der Waals surface area contributed by atoms with E-state index in [9.17, 15) is 14.4 Å². The van der Waals surface area contributed by atoms with Gasteiger partial charge >= 0.3 is 5.97 Å². The number of nitrogens with zero attached hydrogens (tertiary/aromatic N) is 1. The Morgan fingerprint density at radius 3 is 2.78 bits per heavy atom. The normalized spacial score (nSPS) is 11.6. The lowest BCUT2D eigenvalue weighted by molar-refractivity contribution is -0.152. The van der Waals surface area contributed by atoms with Crippen LogP contribution in [-0.2, 0) is 14.3 Å². The van der Waals surface area contributed by atoms with E-state index in [4.69, 9.17) is 13.7 Å². The van der Waals surface area contributed by atoms with Gasteiger partial charge in [-0.05, 0) is 26.0 Å². The smallest absolute Gasteiger partial charge is 0.326 e. The molecule has 0 radical (unpaired) electrons. The molecule has 0 spiro atoms. The van der Waals surface area contributed by atoms with Crippen LogP contribution in [0.2, 0.25) is 0 Å². The first-order chi connectivity index (χ1) is 11.0. The highest BCUT2D eigenvalue weighted by Crippen LogP contribution is 2.08. The van der Waals surface area contributed by atoms with E-state index in [2.05, 4.69) is 15.8 Å². The van der Waals surface area contributed by atoms with Gasteiger partial charge in [-0.15, -0.1) is 0 Å². The molecule has 0 aliphatic heterocycles. The summed E-state index contributed by atoms with van der Waals surface area (Å²) in [6.07, 6.45) is 0.283. The number of hydrogen-bond acceptors (Lipinski definition) is 7. The molecule has 9 nitrogen and oxygen atoms in total. The number of carbonyl (C=O) groups excluding carboxylic acids is 3. The quantitative estimate of drug-likeness (QED) is 0.757. The van der Waals surface area contributed by atoms with E-state index in [1.165, 1.54) is 25.3 Å². The van der Waals surface area contributed by atoms with Gasteiger partial charge in [-0.3, -0.25) is 14.4 Å². The highest BCUT2D eigenvalue weighted by atomic mass is 16.5. The zero-order valence-electron chi connectivity index (χ0n) is 12.5. The Morgan fingerprint density at radius 1 is 1.39 bits per heavy atom. The van der Waals surface area contributed by atoms with Crippen molar-refractivity contribution in [2.45, 2.75) is 20.0 Å². The fourth-order valence-electron chi connectivity index (χ4n) is 1.59. The molecule has 0 aliphatic rings. The van der Waals surface area contributed by atoms with E-state index in [0.29, 0.717) is 5.76 Å². The maximum absolute atomic E-state index is 11.8. The molecule has 0 saturated heterocycles. The molecule has 9 heteroatoms. The van der Waals surface area contributed by atoms with Crippen molar-refractivity contribution >= 4 is 23.6 Å². The Balaban J connectivity index is 1.75. The van der Waals surface area contributed by atoms with Crippen LogP contribution < -0.4 is 10.6 Å². The number of rotatable bonds is 6. The molecule has 0 saturated carbocycles. The highest BCUT2D eigenvalue weighted by Gasteiger charge is 2.20. The molecule has 0 aromatic carbocycles. The zero-order valence-corrected chi connectivity index (χ0v) is 12.5. The Morgan fingerprint density at radius 2 is 2.17 bits per heavy atom. The van der Waals surface area contributed by atoms with Crippen molar-refractivity contribution in [2.75, 3.05) is 11.9 Å². The van der Waals surface area contributed by atoms with Crippen molar-refractivity contribution in [1.29, 1.82) is 0 Å². The summed E-state index contributed by atoms with van der Waals surface area (Å²) < 4.78 is 14.6. The molecule has 2 heterocycles. The Bertz CT molecular complexity index is 691. The second-order valence-corrected chi connectivity index (χ2v) is 4.60. The maximum Gasteiger partial charge on any atom is 0.326 e. The van der Waals surface area contributed by atoms with Crippen LogP contribution in [0, 0.1) is 6.92 Å². The van der Waals surface area contributed by atoms with Crippen molar-refractivity contribution in [3.63, 3.8) is 0 Å². The molecule has 23 heavy (non-hydrogen) atoms. The third kappa shape index (κ3) is 4.70. The van der Waals surface area contributed by atoms with Crippen LogP contribution in [0.1, 0.15) is 23.2 Å². The van der Waals surface area contributed by atoms with E-state index >= 15 is 0 Å². The molecular formula is C14H15N3O6. The van der Waals surface area contributed by atoms with Crippen molar-refractivity contribution in [3.8, 4) is 0 Å². The number of aromatic nitrogens is 1. The lowest BCUT2D eigenvalue weighted by Gasteiger charge is -2.12. The summed E-state index contributed by atoms with van der Waals surface area (Å²) in [6.45, 7) is 2.68. The van der Waals surface area contributed by atoms with Gasteiger partial charge in [-0.2, -0.15) is 0 Å². The predicted molar refractivity (Wildman–Crippen MR) is 76.5 cm³/mol. The van der Waals surface area contributed by atoms with Gasteiger partial charge in [0, 0.05) is 6.07 Å². The summed E-state index contributed by atoms with van der Waals surface area (Å²) in [5, 5.41) is 8.34. The van der Waals surface area contributed by atoms with Gasteiger partial charge in [0.25, 0.3) is 11.8 Å². The van der Waals surface area contributed by atoms with Crippen LogP contribution in [-0.4, -0.2) is 35.6 Å². The maximum atomic E-state index is 11.8. The molecule has 0 aliphatic carbocycles. The lowest BCUT2D eigenvalue weighted by Crippen LogP contribution is -2.35. The number of esters is 1. The standard InChI is InChI=1S/C14H15N3O6/c1-8-6-11(17-23-8)16-13(19)9(2)22-12(18)7-15-14(20)10-4-3-5-21-10/h3-6,9H,7H2,1-2H3,(H,15,20)(H,16,17,19). The molecular weight excluding hydrogens is 306 g/mol. The summed E-state index contributed by atoms with van der Waals surface area (Å²) in [4.78, 5) is 35.0. The number of nitrogens with one attached hydrogen (secondary N) is 2. The Kier molecular flexibility index (Phi) is 5.13. The number of aryl methyl sites for hydroxylation is 1. The minimum Gasteiger partial charge on any atom is -0.459 e. The molecule has 0 bridgehead atoms. The van der Waals surface area contributed by atoms with E-state index < -0.39 is 23.9 Å². The molecule has 1 unspecified atom stereocenters. The molecule has 2 amide bonds. The molecule has 2 aromatic heterocycles. The van der Waals surface area contributed by atoms with Crippen LogP contribution in [0.4, 0.5) is 5.82 Å². The molecule has 2 N–H and O–H groups in total. The summed E-state index contributed by atoms with van der Waals surface area (Å²) in [5.74, 6) is -1.05. The fraction of sp³-hybridized carbons (Fsp3) is 0.286. The molecule has 2 aromatic rings. The van der Waals surface area contributed by atoms with Crippen LogP contribution in [0.3, 0.4) is 0 Å². The van der Waals surface area contributed by atoms with E-state index in [1.54, 1.807) is 13.0 Å². The van der Waals surface area contributed by atoms with Crippen molar-refractivity contribution in [1.82, 2.24) is 10.5 Å². The van der Waals surface area contributed by atoms with Gasteiger partial charge in [0.1, 0.15) is 12.3 Å². The minimum atomic E-state index is -1.06. The second kappa shape index (κ2) is 7.25. The van der Waals surface area contributed by atoms with Crippen LogP contribution in [0.25, 0.3) is 0 Å². The first-order valence-electron chi connectivity index (χ1n) is 6.71. The average Bonchev–Trinajstić information content (AvgIpc) is 3.16. The highest BCUT2D eigenvalue weighted by molar-refractivity contribution is 5.95. The summed E-state index contributed by atoms with van der Waals surface area (Å²) in [6, 6.07) is 4.53. The first kappa shape index (κ1) is 16.3. The van der Waals surface area contributed by atoms with Gasteiger partial charge < -0.3 is 24.3 Å². The fourth-order valence-corrected chi connectivity index (χ4v) is 1.59.